The molecule has 0 aliphatic rings. The van der Waals surface area contributed by atoms with E-state index in [4.69, 9.17) is 13.9 Å². The normalized spacial score (nSPS) is 10.6. The summed E-state index contributed by atoms with van der Waals surface area (Å²) in [6, 6.07) is 13.9. The van der Waals surface area contributed by atoms with Gasteiger partial charge in [-0.25, -0.2) is 0 Å². The molecule has 0 unspecified atom stereocenters. The van der Waals surface area contributed by atoms with Gasteiger partial charge in [0.25, 0.3) is 0 Å². The Morgan fingerprint density at radius 3 is 2.52 bits per heavy atom. The van der Waals surface area contributed by atoms with E-state index in [0.717, 1.165) is 39.8 Å². The Morgan fingerprint density at radius 2 is 1.83 bits per heavy atom. The minimum absolute atomic E-state index is 0.199. The standard InChI is InChI=1S/C23H26O4.C2H6/c1-15(2)9-20-12-19-11-17(10-16(3)23(19)27-20)14-26-21-8-6-5-7-18(21)13-22(24)25-4;1-2/h5-8,10-12,15H,9,13-14H2,1-4H3;1-2H3. The summed E-state index contributed by atoms with van der Waals surface area (Å²) in [5.41, 5.74) is 3.94. The topological polar surface area (TPSA) is 48.7 Å². The number of rotatable bonds is 7. The smallest absolute Gasteiger partial charge is 0.310 e. The lowest BCUT2D eigenvalue weighted by Crippen LogP contribution is -2.06. The Hall–Kier alpha value is -2.75. The first-order chi connectivity index (χ1) is 14.0. The van der Waals surface area contributed by atoms with Crippen molar-refractivity contribution in [1.29, 1.82) is 0 Å². The molecule has 0 saturated carbocycles. The Labute approximate surface area is 173 Å². The molecule has 0 atom stereocenters. The van der Waals surface area contributed by atoms with Gasteiger partial charge < -0.3 is 13.9 Å². The molecule has 0 aliphatic carbocycles. The molecule has 0 amide bonds. The Bertz CT molecular complexity index is 937. The molecule has 3 aromatic rings. The molecule has 4 heteroatoms. The molecule has 4 nitrogen and oxygen atoms in total. The van der Waals surface area contributed by atoms with Crippen molar-refractivity contribution >= 4 is 16.9 Å². The van der Waals surface area contributed by atoms with Crippen LogP contribution in [-0.4, -0.2) is 13.1 Å². The number of hydrogen-bond donors (Lipinski definition) is 0. The van der Waals surface area contributed by atoms with Gasteiger partial charge in [-0.15, -0.1) is 0 Å². The van der Waals surface area contributed by atoms with E-state index in [-0.39, 0.29) is 12.4 Å². The number of ether oxygens (including phenoxy) is 2. The van der Waals surface area contributed by atoms with Crippen molar-refractivity contribution in [2.45, 2.75) is 54.1 Å². The lowest BCUT2D eigenvalue weighted by Gasteiger charge is -2.11. The quantitative estimate of drug-likeness (QED) is 0.442. The number of carbonyl (C=O) groups is 1. The first-order valence-electron chi connectivity index (χ1n) is 10.3. The molecule has 29 heavy (non-hydrogen) atoms. The van der Waals surface area contributed by atoms with Gasteiger partial charge in [-0.2, -0.15) is 0 Å². The number of furan rings is 1. The van der Waals surface area contributed by atoms with E-state index >= 15 is 0 Å². The van der Waals surface area contributed by atoms with Crippen LogP contribution in [0.5, 0.6) is 5.75 Å². The van der Waals surface area contributed by atoms with Crippen LogP contribution in [0.2, 0.25) is 0 Å². The number of methoxy groups -OCH3 is 1. The highest BCUT2D eigenvalue weighted by Crippen LogP contribution is 2.27. The van der Waals surface area contributed by atoms with E-state index in [0.29, 0.717) is 18.3 Å². The third kappa shape index (κ3) is 6.11. The molecule has 1 heterocycles. The van der Waals surface area contributed by atoms with E-state index < -0.39 is 0 Å². The molecule has 1 aromatic heterocycles. The summed E-state index contributed by atoms with van der Waals surface area (Å²) in [5.74, 6) is 2.00. The molecular weight excluding hydrogens is 364 g/mol. The zero-order valence-electron chi connectivity index (χ0n) is 18.4. The highest BCUT2D eigenvalue weighted by molar-refractivity contribution is 5.82. The van der Waals surface area contributed by atoms with Gasteiger partial charge in [-0.3, -0.25) is 4.79 Å². The second-order valence-corrected chi connectivity index (χ2v) is 7.29. The van der Waals surface area contributed by atoms with Crippen molar-refractivity contribution in [3.05, 3.63) is 64.9 Å². The molecule has 0 N–H and O–H groups in total. The van der Waals surface area contributed by atoms with Crippen molar-refractivity contribution in [3.8, 4) is 5.75 Å². The molecule has 2 aromatic carbocycles. The average Bonchev–Trinajstić information content (AvgIpc) is 3.11. The lowest BCUT2D eigenvalue weighted by atomic mass is 10.1. The van der Waals surface area contributed by atoms with Gasteiger partial charge in [-0.05, 0) is 48.2 Å². The van der Waals surface area contributed by atoms with Crippen molar-refractivity contribution in [2.24, 2.45) is 5.92 Å². The van der Waals surface area contributed by atoms with E-state index in [9.17, 15) is 4.79 Å². The molecule has 0 saturated heterocycles. The van der Waals surface area contributed by atoms with Crippen LogP contribution >= 0.6 is 0 Å². The van der Waals surface area contributed by atoms with E-state index in [1.165, 1.54) is 7.11 Å². The first-order valence-corrected chi connectivity index (χ1v) is 10.3. The summed E-state index contributed by atoms with van der Waals surface area (Å²) in [7, 11) is 1.39. The minimum atomic E-state index is -0.278. The van der Waals surface area contributed by atoms with Gasteiger partial charge in [0.15, 0.2) is 0 Å². The van der Waals surface area contributed by atoms with Crippen LogP contribution in [0, 0.1) is 12.8 Å². The Balaban J connectivity index is 0.00000145. The molecular formula is C25H32O4. The van der Waals surface area contributed by atoms with Gasteiger partial charge in [0.1, 0.15) is 23.7 Å². The highest BCUT2D eigenvalue weighted by Gasteiger charge is 2.12. The molecule has 3 rings (SSSR count). The van der Waals surface area contributed by atoms with Crippen LogP contribution < -0.4 is 4.74 Å². The largest absolute Gasteiger partial charge is 0.489 e. The van der Waals surface area contributed by atoms with Crippen molar-refractivity contribution in [3.63, 3.8) is 0 Å². The number of hydrogen-bond acceptors (Lipinski definition) is 4. The Kier molecular flexibility index (Phi) is 8.32. The molecule has 0 fully saturated rings. The molecule has 0 bridgehead atoms. The summed E-state index contributed by atoms with van der Waals surface area (Å²) < 4.78 is 16.8. The number of para-hydroxylation sites is 1. The zero-order valence-corrected chi connectivity index (χ0v) is 18.4. The summed E-state index contributed by atoms with van der Waals surface area (Å²) >= 11 is 0. The number of esters is 1. The monoisotopic (exact) mass is 396 g/mol. The number of benzene rings is 2. The van der Waals surface area contributed by atoms with Gasteiger partial charge in [-0.1, -0.05) is 45.9 Å². The number of carbonyl (C=O) groups excluding carboxylic acids is 1. The van der Waals surface area contributed by atoms with Gasteiger partial charge in [0.2, 0.25) is 0 Å². The SMILES string of the molecule is CC.COC(=O)Cc1ccccc1OCc1cc(C)c2oc(CC(C)C)cc2c1. The van der Waals surface area contributed by atoms with Gasteiger partial charge in [0.05, 0.1) is 13.5 Å². The van der Waals surface area contributed by atoms with Crippen LogP contribution in [0.3, 0.4) is 0 Å². The summed E-state index contributed by atoms with van der Waals surface area (Å²) in [6.45, 7) is 10.9. The maximum absolute atomic E-state index is 11.6. The fourth-order valence-electron chi connectivity index (χ4n) is 3.22. The fourth-order valence-corrected chi connectivity index (χ4v) is 3.22. The lowest BCUT2D eigenvalue weighted by molar-refractivity contribution is -0.139. The van der Waals surface area contributed by atoms with Crippen molar-refractivity contribution in [2.75, 3.05) is 7.11 Å². The van der Waals surface area contributed by atoms with Crippen LogP contribution in [0.4, 0.5) is 0 Å². The molecule has 156 valence electrons. The van der Waals surface area contributed by atoms with Crippen molar-refractivity contribution in [1.82, 2.24) is 0 Å². The minimum Gasteiger partial charge on any atom is -0.489 e. The number of aryl methyl sites for hydroxylation is 1. The highest BCUT2D eigenvalue weighted by atomic mass is 16.5. The Morgan fingerprint density at radius 1 is 1.10 bits per heavy atom. The van der Waals surface area contributed by atoms with Gasteiger partial charge in [0, 0.05) is 17.4 Å². The molecule has 0 aliphatic heterocycles. The summed E-state index contributed by atoms with van der Waals surface area (Å²) in [6.07, 6.45) is 1.13. The molecule has 0 spiro atoms. The maximum atomic E-state index is 11.6. The third-order valence-electron chi connectivity index (χ3n) is 4.45. The second-order valence-electron chi connectivity index (χ2n) is 7.29. The van der Waals surface area contributed by atoms with E-state index in [1.54, 1.807) is 0 Å². The predicted octanol–water partition coefficient (Wildman–Crippen LogP) is 6.26. The fraction of sp³-hybridized carbons (Fsp3) is 0.400. The van der Waals surface area contributed by atoms with Gasteiger partial charge >= 0.3 is 5.97 Å². The maximum Gasteiger partial charge on any atom is 0.310 e. The van der Waals surface area contributed by atoms with Crippen LogP contribution in [0.25, 0.3) is 11.0 Å². The second kappa shape index (κ2) is 10.7. The van der Waals surface area contributed by atoms with Crippen LogP contribution in [0.15, 0.2) is 46.9 Å². The number of fused-ring (bicyclic) bond motifs is 1. The van der Waals surface area contributed by atoms with E-state index in [2.05, 4.69) is 39.0 Å². The summed E-state index contributed by atoms with van der Waals surface area (Å²) in [4.78, 5) is 11.6. The van der Waals surface area contributed by atoms with Crippen molar-refractivity contribution < 1.29 is 18.7 Å². The summed E-state index contributed by atoms with van der Waals surface area (Å²) in [5, 5.41) is 1.10. The predicted molar refractivity (Wildman–Crippen MR) is 117 cm³/mol. The average molecular weight is 397 g/mol. The van der Waals surface area contributed by atoms with Crippen LogP contribution in [-0.2, 0) is 29.0 Å². The first kappa shape index (κ1) is 22.5. The van der Waals surface area contributed by atoms with E-state index in [1.807, 2.05) is 38.1 Å². The third-order valence-corrected chi connectivity index (χ3v) is 4.45. The molecule has 0 radical (unpaired) electrons. The zero-order chi connectivity index (χ0) is 21.4. The van der Waals surface area contributed by atoms with Crippen LogP contribution in [0.1, 0.15) is 50.1 Å².